The average Bonchev–Trinajstić information content (AvgIpc) is 2.72. The van der Waals surface area contributed by atoms with Crippen molar-refractivity contribution in [2.75, 3.05) is 32.8 Å². The van der Waals surface area contributed by atoms with E-state index < -0.39 is 11.7 Å². The van der Waals surface area contributed by atoms with Gasteiger partial charge in [-0.2, -0.15) is 0 Å². The maximum atomic E-state index is 14.0. The molecule has 1 aliphatic heterocycles. The van der Waals surface area contributed by atoms with Crippen molar-refractivity contribution < 1.29 is 18.7 Å². The fraction of sp³-hybridized carbons (Fsp3) is 0.364. The molecule has 0 aromatic heterocycles. The number of hydrogen-bond donors (Lipinski definition) is 0. The summed E-state index contributed by atoms with van der Waals surface area (Å²) in [6, 6.07) is 12.0. The lowest BCUT2D eigenvalue weighted by molar-refractivity contribution is -0.132. The number of halogens is 2. The van der Waals surface area contributed by atoms with Crippen molar-refractivity contribution >= 4 is 23.4 Å². The summed E-state index contributed by atoms with van der Waals surface area (Å²) in [7, 11) is 0. The zero-order valence-electron chi connectivity index (χ0n) is 16.4. The number of amides is 2. The minimum absolute atomic E-state index is 0.0365. The van der Waals surface area contributed by atoms with Gasteiger partial charge < -0.3 is 14.5 Å². The number of benzene rings is 2. The van der Waals surface area contributed by atoms with Crippen molar-refractivity contribution in [1.29, 1.82) is 0 Å². The molecule has 0 atom stereocenters. The summed E-state index contributed by atoms with van der Waals surface area (Å²) in [5.74, 6) is -0.199. The number of para-hydroxylation sites is 1. The molecule has 1 aliphatic rings. The fourth-order valence-electron chi connectivity index (χ4n) is 3.30. The molecule has 2 amide bonds. The Hall–Kier alpha value is -2.60. The molecule has 0 unspecified atom stereocenters. The number of ether oxygens (including phenoxy) is 1. The molecule has 3 rings (SSSR count). The summed E-state index contributed by atoms with van der Waals surface area (Å²) in [6.07, 6.45) is 1.01. The highest BCUT2D eigenvalue weighted by Crippen LogP contribution is 2.22. The fourth-order valence-corrected chi connectivity index (χ4v) is 3.55. The lowest BCUT2D eigenvalue weighted by Gasteiger charge is -2.35. The second-order valence-electron chi connectivity index (χ2n) is 6.99. The van der Waals surface area contributed by atoms with Gasteiger partial charge in [0.05, 0.1) is 17.2 Å². The largest absolute Gasteiger partial charge is 0.493 e. The van der Waals surface area contributed by atoms with E-state index in [1.54, 1.807) is 4.90 Å². The number of carbonyl (C=O) groups excluding carboxylic acids is 2. The molecule has 0 aliphatic carbocycles. The third-order valence-corrected chi connectivity index (χ3v) is 5.30. The van der Waals surface area contributed by atoms with Crippen molar-refractivity contribution in [1.82, 2.24) is 9.80 Å². The lowest BCUT2D eigenvalue weighted by Crippen LogP contribution is -2.50. The van der Waals surface area contributed by atoms with E-state index in [0.717, 1.165) is 11.3 Å². The van der Waals surface area contributed by atoms with Gasteiger partial charge in [0.25, 0.3) is 5.91 Å². The van der Waals surface area contributed by atoms with Crippen LogP contribution in [0.1, 0.15) is 28.8 Å². The van der Waals surface area contributed by atoms with Crippen molar-refractivity contribution in [3.8, 4) is 5.75 Å². The van der Waals surface area contributed by atoms with Gasteiger partial charge in [-0.3, -0.25) is 9.59 Å². The minimum Gasteiger partial charge on any atom is -0.493 e. The summed E-state index contributed by atoms with van der Waals surface area (Å²) in [6.45, 7) is 4.02. The Balaban J connectivity index is 1.43. The first-order chi connectivity index (χ1) is 14.0. The number of carbonyl (C=O) groups is 2. The molecule has 1 heterocycles. The van der Waals surface area contributed by atoms with Gasteiger partial charge in [-0.05, 0) is 37.1 Å². The van der Waals surface area contributed by atoms with Crippen molar-refractivity contribution in [2.24, 2.45) is 0 Å². The van der Waals surface area contributed by atoms with E-state index in [4.69, 9.17) is 16.3 Å². The molecule has 29 heavy (non-hydrogen) atoms. The molecular formula is C22H24ClFN2O3. The highest BCUT2D eigenvalue weighted by molar-refractivity contribution is 6.33. The summed E-state index contributed by atoms with van der Waals surface area (Å²) in [5.41, 5.74) is 0.955. The molecule has 7 heteroatoms. The van der Waals surface area contributed by atoms with E-state index in [2.05, 4.69) is 0 Å². The van der Waals surface area contributed by atoms with Crippen LogP contribution in [0.2, 0.25) is 5.02 Å². The van der Waals surface area contributed by atoms with Gasteiger partial charge in [-0.15, -0.1) is 0 Å². The first-order valence-electron chi connectivity index (χ1n) is 9.67. The molecule has 2 aromatic rings. The average molecular weight is 419 g/mol. The van der Waals surface area contributed by atoms with Crippen LogP contribution in [-0.2, 0) is 4.79 Å². The van der Waals surface area contributed by atoms with Crippen LogP contribution >= 0.6 is 11.6 Å². The molecule has 0 bridgehead atoms. The molecule has 154 valence electrons. The highest BCUT2D eigenvalue weighted by atomic mass is 35.5. The molecule has 0 saturated carbocycles. The maximum absolute atomic E-state index is 14.0. The Labute approximate surface area is 175 Å². The molecule has 1 fully saturated rings. The maximum Gasteiger partial charge on any atom is 0.258 e. The Kier molecular flexibility index (Phi) is 7.09. The van der Waals surface area contributed by atoms with Crippen molar-refractivity contribution in [3.63, 3.8) is 0 Å². The van der Waals surface area contributed by atoms with Crippen LogP contribution in [0.4, 0.5) is 4.39 Å². The normalized spacial score (nSPS) is 14.0. The molecule has 0 N–H and O–H groups in total. The Morgan fingerprint density at radius 1 is 1.03 bits per heavy atom. The third kappa shape index (κ3) is 5.26. The van der Waals surface area contributed by atoms with E-state index >= 15 is 0 Å². The van der Waals surface area contributed by atoms with Crippen molar-refractivity contribution in [3.05, 3.63) is 64.4 Å². The zero-order chi connectivity index (χ0) is 20.8. The summed E-state index contributed by atoms with van der Waals surface area (Å²) in [4.78, 5) is 28.3. The predicted molar refractivity (Wildman–Crippen MR) is 110 cm³/mol. The van der Waals surface area contributed by atoms with Gasteiger partial charge in [0.15, 0.2) is 0 Å². The molecular weight excluding hydrogens is 395 g/mol. The van der Waals surface area contributed by atoms with Crippen molar-refractivity contribution in [2.45, 2.75) is 19.8 Å². The van der Waals surface area contributed by atoms with Crippen LogP contribution in [-0.4, -0.2) is 54.4 Å². The molecule has 0 spiro atoms. The van der Waals surface area contributed by atoms with Gasteiger partial charge in [0, 0.05) is 32.6 Å². The van der Waals surface area contributed by atoms with Crippen LogP contribution in [0.15, 0.2) is 42.5 Å². The van der Waals surface area contributed by atoms with Gasteiger partial charge >= 0.3 is 0 Å². The van der Waals surface area contributed by atoms with Crippen LogP contribution in [0.25, 0.3) is 0 Å². The van der Waals surface area contributed by atoms with Gasteiger partial charge in [-0.25, -0.2) is 4.39 Å². The van der Waals surface area contributed by atoms with E-state index in [9.17, 15) is 14.0 Å². The predicted octanol–water partition coefficient (Wildman–Crippen LogP) is 3.93. The quantitative estimate of drug-likeness (QED) is 0.668. The molecule has 0 radical (unpaired) electrons. The van der Waals surface area contributed by atoms with E-state index in [0.29, 0.717) is 45.6 Å². The second kappa shape index (κ2) is 9.74. The summed E-state index contributed by atoms with van der Waals surface area (Å²) in [5, 5.41) is 0.0992. The molecule has 2 aromatic carbocycles. The Morgan fingerprint density at radius 2 is 1.72 bits per heavy atom. The van der Waals surface area contributed by atoms with Crippen LogP contribution in [0.3, 0.4) is 0 Å². The summed E-state index contributed by atoms with van der Waals surface area (Å²) < 4.78 is 19.7. The van der Waals surface area contributed by atoms with Gasteiger partial charge in [-0.1, -0.05) is 35.9 Å². The zero-order valence-corrected chi connectivity index (χ0v) is 17.1. The first-order valence-corrected chi connectivity index (χ1v) is 10.0. The third-order valence-electron chi connectivity index (χ3n) is 4.98. The number of hydrogen-bond acceptors (Lipinski definition) is 3. The number of aryl methyl sites for hydroxylation is 1. The topological polar surface area (TPSA) is 49.9 Å². The SMILES string of the molecule is Cc1ccccc1OCCCC(=O)N1CCN(C(=O)c2c(F)cccc2Cl)CC1. The van der Waals surface area contributed by atoms with Crippen LogP contribution < -0.4 is 4.74 Å². The van der Waals surface area contributed by atoms with Gasteiger partial charge in [0.2, 0.25) is 5.91 Å². The van der Waals surface area contributed by atoms with Crippen LogP contribution in [0, 0.1) is 12.7 Å². The first kappa shape index (κ1) is 21.1. The molecule has 5 nitrogen and oxygen atoms in total. The lowest BCUT2D eigenvalue weighted by atomic mass is 10.1. The number of piperazine rings is 1. The smallest absolute Gasteiger partial charge is 0.258 e. The Morgan fingerprint density at radius 3 is 2.41 bits per heavy atom. The monoisotopic (exact) mass is 418 g/mol. The standard InChI is InChI=1S/C22H24ClFN2O3/c1-16-6-2-3-9-19(16)29-15-5-10-20(27)25-11-13-26(14-12-25)22(28)21-17(23)7-4-8-18(21)24/h2-4,6-9H,5,10-15H2,1H3. The number of rotatable bonds is 6. The number of nitrogens with zero attached hydrogens (tertiary/aromatic N) is 2. The second-order valence-corrected chi connectivity index (χ2v) is 7.39. The Bertz CT molecular complexity index is 862. The molecule has 1 saturated heterocycles. The van der Waals surface area contributed by atoms with Crippen LogP contribution in [0.5, 0.6) is 5.75 Å². The van der Waals surface area contributed by atoms with Gasteiger partial charge in [0.1, 0.15) is 11.6 Å². The van der Waals surface area contributed by atoms with E-state index in [1.807, 2.05) is 31.2 Å². The summed E-state index contributed by atoms with van der Waals surface area (Å²) >= 11 is 5.98. The minimum atomic E-state index is -0.630. The van der Waals surface area contributed by atoms with E-state index in [-0.39, 0.29) is 16.5 Å². The highest BCUT2D eigenvalue weighted by Gasteiger charge is 2.27. The van der Waals surface area contributed by atoms with E-state index in [1.165, 1.54) is 23.1 Å².